The average Bonchev–Trinajstić information content (AvgIpc) is 2.87. The molecule has 2 rings (SSSR count). The summed E-state index contributed by atoms with van der Waals surface area (Å²) in [4.78, 5) is 0. The molecule has 64 valence electrons. The van der Waals surface area contributed by atoms with Crippen LogP contribution in [0.5, 0.6) is 0 Å². The van der Waals surface area contributed by atoms with E-state index in [1.165, 1.54) is 24.0 Å². The summed E-state index contributed by atoms with van der Waals surface area (Å²) >= 11 is 9.42. The van der Waals surface area contributed by atoms with E-state index in [4.69, 9.17) is 11.6 Å². The van der Waals surface area contributed by atoms with Gasteiger partial charge in [0.1, 0.15) is 0 Å². The van der Waals surface area contributed by atoms with Crippen molar-refractivity contribution in [1.82, 2.24) is 0 Å². The molecule has 0 amide bonds. The van der Waals surface area contributed by atoms with Gasteiger partial charge in [0.15, 0.2) is 0 Å². The molecule has 1 aromatic carbocycles. The van der Waals surface area contributed by atoms with Crippen molar-refractivity contribution < 1.29 is 0 Å². The summed E-state index contributed by atoms with van der Waals surface area (Å²) in [6.45, 7) is 0. The highest BCUT2D eigenvalue weighted by Crippen LogP contribution is 2.42. The van der Waals surface area contributed by atoms with Crippen LogP contribution in [0.3, 0.4) is 0 Å². The average molecular weight is 246 g/mol. The van der Waals surface area contributed by atoms with E-state index in [1.807, 2.05) is 6.07 Å². The molecule has 0 atom stereocenters. The van der Waals surface area contributed by atoms with E-state index in [-0.39, 0.29) is 0 Å². The molecule has 0 aliphatic heterocycles. The van der Waals surface area contributed by atoms with Crippen molar-refractivity contribution in [3.8, 4) is 0 Å². The fraction of sp³-hybridized carbons (Fsp3) is 0.400. The maximum absolute atomic E-state index is 5.93. The van der Waals surface area contributed by atoms with Gasteiger partial charge in [-0.05, 0) is 42.0 Å². The highest BCUT2D eigenvalue weighted by atomic mass is 79.9. The normalized spacial score (nSPS) is 16.5. The summed E-state index contributed by atoms with van der Waals surface area (Å²) in [5.74, 6) is 0.788. The number of rotatable bonds is 2. The predicted molar refractivity (Wildman–Crippen MR) is 56.1 cm³/mol. The van der Waals surface area contributed by atoms with Crippen LogP contribution in [-0.2, 0) is 5.33 Å². The molecule has 0 spiro atoms. The minimum absolute atomic E-state index is 0.788. The van der Waals surface area contributed by atoms with Crippen molar-refractivity contribution in [2.24, 2.45) is 0 Å². The SMILES string of the molecule is Clc1ccc(CBr)c(C2CC2)c1. The lowest BCUT2D eigenvalue weighted by atomic mass is 10.1. The highest BCUT2D eigenvalue weighted by molar-refractivity contribution is 9.08. The fourth-order valence-electron chi connectivity index (χ4n) is 1.46. The molecule has 0 nitrogen and oxygen atoms in total. The topological polar surface area (TPSA) is 0 Å². The summed E-state index contributed by atoms with van der Waals surface area (Å²) in [7, 11) is 0. The van der Waals surface area contributed by atoms with Gasteiger partial charge in [0.25, 0.3) is 0 Å². The summed E-state index contributed by atoms with van der Waals surface area (Å²) < 4.78 is 0. The second kappa shape index (κ2) is 3.39. The third-order valence-electron chi connectivity index (χ3n) is 2.27. The van der Waals surface area contributed by atoms with Crippen molar-refractivity contribution in [2.75, 3.05) is 0 Å². The van der Waals surface area contributed by atoms with Crippen LogP contribution in [0.2, 0.25) is 5.02 Å². The molecule has 0 saturated heterocycles. The lowest BCUT2D eigenvalue weighted by Gasteiger charge is -2.05. The van der Waals surface area contributed by atoms with E-state index in [2.05, 4.69) is 28.1 Å². The summed E-state index contributed by atoms with van der Waals surface area (Å²) in [6, 6.07) is 6.19. The van der Waals surface area contributed by atoms with Crippen molar-refractivity contribution in [2.45, 2.75) is 24.1 Å². The Bertz CT molecular complexity index is 292. The molecule has 2 heteroatoms. The lowest BCUT2D eigenvalue weighted by molar-refractivity contribution is 1.09. The molecule has 0 N–H and O–H groups in total. The molecule has 0 heterocycles. The molecule has 1 aliphatic rings. The number of halogens is 2. The third kappa shape index (κ3) is 1.67. The van der Waals surface area contributed by atoms with E-state index in [9.17, 15) is 0 Å². The molecule has 1 fully saturated rings. The zero-order chi connectivity index (χ0) is 8.55. The Morgan fingerprint density at radius 2 is 2.17 bits per heavy atom. The molecule has 0 aromatic heterocycles. The second-order valence-electron chi connectivity index (χ2n) is 3.25. The largest absolute Gasteiger partial charge is 0.0876 e. The molecule has 1 aromatic rings. The van der Waals surface area contributed by atoms with Crippen molar-refractivity contribution in [3.63, 3.8) is 0 Å². The van der Waals surface area contributed by atoms with Crippen molar-refractivity contribution in [3.05, 3.63) is 34.3 Å². The maximum Gasteiger partial charge on any atom is 0.0409 e. The quantitative estimate of drug-likeness (QED) is 0.688. The number of benzene rings is 1. The molecule has 1 aliphatic carbocycles. The molecular weight excluding hydrogens is 235 g/mol. The van der Waals surface area contributed by atoms with E-state index in [0.717, 1.165) is 16.3 Å². The Balaban J connectivity index is 2.39. The summed E-state index contributed by atoms with van der Waals surface area (Å²) in [6.07, 6.45) is 2.67. The molecule has 12 heavy (non-hydrogen) atoms. The zero-order valence-electron chi connectivity index (χ0n) is 6.69. The van der Waals surface area contributed by atoms with Gasteiger partial charge in [0.2, 0.25) is 0 Å². The van der Waals surface area contributed by atoms with Crippen molar-refractivity contribution in [1.29, 1.82) is 0 Å². The first kappa shape index (κ1) is 8.58. The number of alkyl halides is 1. The lowest BCUT2D eigenvalue weighted by Crippen LogP contribution is -1.87. The number of hydrogen-bond donors (Lipinski definition) is 0. The van der Waals surface area contributed by atoms with Crippen LogP contribution in [0.1, 0.15) is 29.9 Å². The Kier molecular flexibility index (Phi) is 2.42. The van der Waals surface area contributed by atoms with E-state index in [0.29, 0.717) is 0 Å². The van der Waals surface area contributed by atoms with Crippen molar-refractivity contribution >= 4 is 27.5 Å². The first-order valence-corrected chi connectivity index (χ1v) is 5.65. The molecule has 0 bridgehead atoms. The molecule has 0 unspecified atom stereocenters. The van der Waals surface area contributed by atoms with Gasteiger partial charge in [-0.15, -0.1) is 0 Å². The van der Waals surface area contributed by atoms with Gasteiger partial charge in [-0.2, -0.15) is 0 Å². The van der Waals surface area contributed by atoms with Crippen LogP contribution in [0.25, 0.3) is 0 Å². The van der Waals surface area contributed by atoms with E-state index >= 15 is 0 Å². The van der Waals surface area contributed by atoms with Gasteiger partial charge >= 0.3 is 0 Å². The molecular formula is C10H10BrCl. The van der Waals surface area contributed by atoms with Crippen LogP contribution < -0.4 is 0 Å². The molecule has 1 saturated carbocycles. The summed E-state index contributed by atoms with van der Waals surface area (Å²) in [5.41, 5.74) is 2.83. The van der Waals surface area contributed by atoms with E-state index < -0.39 is 0 Å². The van der Waals surface area contributed by atoms with Crippen LogP contribution in [0.4, 0.5) is 0 Å². The van der Waals surface area contributed by atoms with Crippen LogP contribution in [-0.4, -0.2) is 0 Å². The zero-order valence-corrected chi connectivity index (χ0v) is 9.03. The Morgan fingerprint density at radius 3 is 2.75 bits per heavy atom. The summed E-state index contributed by atoms with van der Waals surface area (Å²) in [5, 5.41) is 1.80. The first-order valence-electron chi connectivity index (χ1n) is 4.15. The Morgan fingerprint density at radius 1 is 1.42 bits per heavy atom. The number of hydrogen-bond acceptors (Lipinski definition) is 0. The minimum atomic E-state index is 0.788. The first-order chi connectivity index (χ1) is 5.81. The Labute approximate surface area is 86.1 Å². The maximum atomic E-state index is 5.93. The second-order valence-corrected chi connectivity index (χ2v) is 4.25. The Hall–Kier alpha value is -0.0100. The van der Waals surface area contributed by atoms with Gasteiger partial charge in [-0.25, -0.2) is 0 Å². The highest BCUT2D eigenvalue weighted by Gasteiger charge is 2.25. The van der Waals surface area contributed by atoms with Gasteiger partial charge in [-0.1, -0.05) is 33.6 Å². The molecule has 0 radical (unpaired) electrons. The standard InChI is InChI=1S/C10H10BrCl/c11-6-8-3-4-9(12)5-10(8)7-1-2-7/h3-5,7H,1-2,6H2. The predicted octanol–water partition coefficient (Wildman–Crippen LogP) is 4.11. The minimum Gasteiger partial charge on any atom is -0.0876 e. The fourth-order valence-corrected chi connectivity index (χ4v) is 2.15. The van der Waals surface area contributed by atoms with Crippen LogP contribution in [0.15, 0.2) is 18.2 Å². The van der Waals surface area contributed by atoms with Gasteiger partial charge in [-0.3, -0.25) is 0 Å². The smallest absolute Gasteiger partial charge is 0.0409 e. The van der Waals surface area contributed by atoms with Gasteiger partial charge < -0.3 is 0 Å². The van der Waals surface area contributed by atoms with Gasteiger partial charge in [0.05, 0.1) is 0 Å². The third-order valence-corrected chi connectivity index (χ3v) is 3.11. The van der Waals surface area contributed by atoms with E-state index in [1.54, 1.807) is 0 Å². The van der Waals surface area contributed by atoms with Crippen LogP contribution >= 0.6 is 27.5 Å². The monoisotopic (exact) mass is 244 g/mol. The van der Waals surface area contributed by atoms with Crippen LogP contribution in [0, 0.1) is 0 Å². The van der Waals surface area contributed by atoms with Gasteiger partial charge in [0, 0.05) is 10.4 Å².